The largest absolute Gasteiger partial charge is 0.486 e. The number of methoxy groups -OCH3 is 1. The smallest absolute Gasteiger partial charge is 0.334 e. The maximum atomic E-state index is 13.3. The van der Waals surface area contributed by atoms with E-state index in [-0.39, 0.29) is 28.9 Å². The molecule has 0 bridgehead atoms. The minimum atomic E-state index is -1.45. The van der Waals surface area contributed by atoms with Crippen molar-refractivity contribution in [2.45, 2.75) is 45.6 Å². The van der Waals surface area contributed by atoms with Gasteiger partial charge in [0, 0.05) is 29.2 Å². The first kappa shape index (κ1) is 24.3. The summed E-state index contributed by atoms with van der Waals surface area (Å²) in [5, 5.41) is 20.2. The minimum absolute atomic E-state index is 0.0355. The van der Waals surface area contributed by atoms with Gasteiger partial charge in [0.15, 0.2) is 6.29 Å². The van der Waals surface area contributed by atoms with E-state index in [9.17, 15) is 19.5 Å². The van der Waals surface area contributed by atoms with Crippen molar-refractivity contribution in [3.8, 4) is 17.1 Å². The van der Waals surface area contributed by atoms with E-state index in [0.717, 1.165) is 16.5 Å². The number of carbonyl (C=O) groups excluding carboxylic acids is 1. The van der Waals surface area contributed by atoms with Gasteiger partial charge in [0.25, 0.3) is 5.56 Å². The first-order valence-corrected chi connectivity index (χ1v) is 11.1. The number of aliphatic hydroxyl groups excluding tert-OH is 1. The van der Waals surface area contributed by atoms with E-state index in [2.05, 4.69) is 6.58 Å². The quantitative estimate of drug-likeness (QED) is 0.278. The highest BCUT2D eigenvalue weighted by atomic mass is 16.5. The van der Waals surface area contributed by atoms with E-state index in [1.807, 2.05) is 13.0 Å². The molecule has 2 aromatic heterocycles. The van der Waals surface area contributed by atoms with E-state index < -0.39 is 18.2 Å². The summed E-state index contributed by atoms with van der Waals surface area (Å²) in [6, 6.07) is 6.94. The van der Waals surface area contributed by atoms with Crippen molar-refractivity contribution in [2.24, 2.45) is 0 Å². The number of aldehydes is 1. The standard InChI is InChI=1S/C26H26N2O7/c1-5-16-17-8-15(35-14(3)13(2)26(32)33)6-7-21(17)27-24-19(16)10-28-22(24)9-18(23(30)11-29)20(12-34-4)25(28)31/h6-9,11,14,23,30H,2,5,10,12H2,1,3-4H3,(H,32,33). The lowest BCUT2D eigenvalue weighted by Gasteiger charge is -2.16. The monoisotopic (exact) mass is 478 g/mol. The fourth-order valence-electron chi connectivity index (χ4n) is 4.50. The topological polar surface area (TPSA) is 128 Å². The normalized spacial score (nSPS) is 13.7. The van der Waals surface area contributed by atoms with Crippen LogP contribution < -0.4 is 10.3 Å². The Labute approximate surface area is 201 Å². The molecule has 4 rings (SSSR count). The van der Waals surface area contributed by atoms with Crippen LogP contribution >= 0.6 is 0 Å². The molecule has 1 aromatic carbocycles. The number of aliphatic hydroxyl groups is 1. The van der Waals surface area contributed by atoms with Gasteiger partial charge in [0.05, 0.1) is 35.6 Å². The molecule has 0 fully saturated rings. The van der Waals surface area contributed by atoms with Crippen molar-refractivity contribution in [1.29, 1.82) is 0 Å². The Balaban J connectivity index is 1.86. The van der Waals surface area contributed by atoms with Crippen LogP contribution in [0.5, 0.6) is 5.75 Å². The number of rotatable bonds is 9. The van der Waals surface area contributed by atoms with Crippen molar-refractivity contribution in [1.82, 2.24) is 9.55 Å². The molecule has 182 valence electrons. The summed E-state index contributed by atoms with van der Waals surface area (Å²) < 4.78 is 12.5. The third-order valence-corrected chi connectivity index (χ3v) is 6.34. The van der Waals surface area contributed by atoms with Gasteiger partial charge < -0.3 is 29.0 Å². The number of aromatic nitrogens is 2. The molecule has 1 aliphatic heterocycles. The average molecular weight is 479 g/mol. The Morgan fingerprint density at radius 1 is 1.31 bits per heavy atom. The van der Waals surface area contributed by atoms with Gasteiger partial charge in [-0.15, -0.1) is 0 Å². The number of aryl methyl sites for hydroxylation is 1. The number of carboxylic acid groups (broad SMARTS) is 1. The lowest BCUT2D eigenvalue weighted by Crippen LogP contribution is -2.26. The third-order valence-electron chi connectivity index (χ3n) is 6.34. The van der Waals surface area contributed by atoms with Crippen LogP contribution in [-0.4, -0.2) is 45.2 Å². The molecule has 2 atom stereocenters. The second-order valence-electron chi connectivity index (χ2n) is 8.41. The molecule has 0 radical (unpaired) electrons. The Hall–Kier alpha value is -3.82. The predicted molar refractivity (Wildman–Crippen MR) is 129 cm³/mol. The first-order valence-electron chi connectivity index (χ1n) is 11.1. The lowest BCUT2D eigenvalue weighted by atomic mass is 9.98. The summed E-state index contributed by atoms with van der Waals surface area (Å²) in [7, 11) is 1.44. The predicted octanol–water partition coefficient (Wildman–Crippen LogP) is 2.77. The van der Waals surface area contributed by atoms with Crippen molar-refractivity contribution in [3.05, 3.63) is 69.0 Å². The van der Waals surface area contributed by atoms with E-state index >= 15 is 0 Å². The number of pyridine rings is 2. The molecular weight excluding hydrogens is 452 g/mol. The summed E-state index contributed by atoms with van der Waals surface area (Å²) in [4.78, 5) is 40.6. The molecular formula is C26H26N2O7. The van der Waals surface area contributed by atoms with Crippen LogP contribution in [-0.2, 0) is 33.9 Å². The zero-order chi connectivity index (χ0) is 25.4. The highest BCUT2D eigenvalue weighted by Gasteiger charge is 2.29. The van der Waals surface area contributed by atoms with Gasteiger partial charge >= 0.3 is 5.97 Å². The van der Waals surface area contributed by atoms with Crippen LogP contribution in [0.2, 0.25) is 0 Å². The fourth-order valence-corrected chi connectivity index (χ4v) is 4.50. The molecule has 0 spiro atoms. The molecule has 0 amide bonds. The number of hydrogen-bond acceptors (Lipinski definition) is 7. The molecule has 1 aliphatic rings. The minimum Gasteiger partial charge on any atom is -0.486 e. The molecule has 3 aromatic rings. The van der Waals surface area contributed by atoms with Gasteiger partial charge in [0.1, 0.15) is 18.0 Å². The lowest BCUT2D eigenvalue weighted by molar-refractivity contribution is -0.133. The number of carbonyl (C=O) groups is 2. The van der Waals surface area contributed by atoms with Crippen LogP contribution in [0.3, 0.4) is 0 Å². The molecule has 0 aliphatic carbocycles. The number of nitrogens with zero attached hydrogens (tertiary/aromatic N) is 2. The summed E-state index contributed by atoms with van der Waals surface area (Å²) in [6.45, 7) is 7.43. The number of hydrogen-bond donors (Lipinski definition) is 2. The highest BCUT2D eigenvalue weighted by molar-refractivity contribution is 5.89. The molecule has 2 N–H and O–H groups in total. The Morgan fingerprint density at radius 3 is 2.69 bits per heavy atom. The Bertz CT molecular complexity index is 1420. The van der Waals surface area contributed by atoms with Crippen molar-refractivity contribution >= 4 is 23.2 Å². The van der Waals surface area contributed by atoms with Crippen LogP contribution in [0.25, 0.3) is 22.3 Å². The highest BCUT2D eigenvalue weighted by Crippen LogP contribution is 2.38. The summed E-state index contributed by atoms with van der Waals surface area (Å²) in [6.07, 6.45) is -1.13. The molecule has 3 heterocycles. The fraction of sp³-hybridized carbons (Fsp3) is 0.308. The van der Waals surface area contributed by atoms with Gasteiger partial charge in [-0.25, -0.2) is 9.78 Å². The molecule has 9 nitrogen and oxygen atoms in total. The van der Waals surface area contributed by atoms with Crippen LogP contribution in [0.15, 0.2) is 41.2 Å². The van der Waals surface area contributed by atoms with Crippen molar-refractivity contribution in [3.63, 3.8) is 0 Å². The Kier molecular flexibility index (Phi) is 6.56. The van der Waals surface area contributed by atoms with Crippen molar-refractivity contribution < 1.29 is 29.3 Å². The summed E-state index contributed by atoms with van der Waals surface area (Å²) in [5.74, 6) is -0.641. The van der Waals surface area contributed by atoms with E-state index in [1.54, 1.807) is 29.7 Å². The van der Waals surface area contributed by atoms with Crippen LogP contribution in [0, 0.1) is 0 Å². The zero-order valence-corrected chi connectivity index (χ0v) is 19.7. The van der Waals surface area contributed by atoms with Gasteiger partial charge in [-0.05, 0) is 43.2 Å². The van der Waals surface area contributed by atoms with E-state index in [1.165, 1.54) is 7.11 Å². The third kappa shape index (κ3) is 4.13. The van der Waals surface area contributed by atoms with Gasteiger partial charge in [-0.3, -0.25) is 4.79 Å². The number of aliphatic carboxylic acids is 1. The average Bonchev–Trinajstić information content (AvgIpc) is 3.21. The van der Waals surface area contributed by atoms with Gasteiger partial charge in [0.2, 0.25) is 0 Å². The maximum Gasteiger partial charge on any atom is 0.334 e. The molecule has 2 unspecified atom stereocenters. The second-order valence-corrected chi connectivity index (χ2v) is 8.41. The number of ether oxygens (including phenoxy) is 2. The molecule has 9 heteroatoms. The van der Waals surface area contributed by atoms with Crippen LogP contribution in [0.1, 0.15) is 42.2 Å². The van der Waals surface area contributed by atoms with E-state index in [4.69, 9.17) is 19.6 Å². The number of carboxylic acids is 1. The van der Waals surface area contributed by atoms with Crippen LogP contribution in [0.4, 0.5) is 0 Å². The summed E-state index contributed by atoms with van der Waals surface area (Å²) >= 11 is 0. The molecule has 35 heavy (non-hydrogen) atoms. The van der Waals surface area contributed by atoms with Gasteiger partial charge in [-0.1, -0.05) is 13.5 Å². The Morgan fingerprint density at radius 2 is 2.06 bits per heavy atom. The second kappa shape index (κ2) is 9.44. The molecule has 0 saturated heterocycles. The number of fused-ring (bicyclic) bond motifs is 4. The first-order chi connectivity index (χ1) is 16.7. The van der Waals surface area contributed by atoms with Crippen molar-refractivity contribution in [2.75, 3.05) is 7.11 Å². The maximum absolute atomic E-state index is 13.3. The van der Waals surface area contributed by atoms with Gasteiger partial charge in [-0.2, -0.15) is 0 Å². The number of benzene rings is 1. The zero-order valence-electron chi connectivity index (χ0n) is 19.7. The van der Waals surface area contributed by atoms with E-state index in [0.29, 0.717) is 41.9 Å². The SMILES string of the molecule is C=C(C(=O)O)C(C)Oc1ccc2nc3c(c(CC)c2c1)Cn1c-3cc(C(O)C=O)c(COC)c1=O. The molecule has 0 saturated carbocycles. The summed E-state index contributed by atoms with van der Waals surface area (Å²) in [5.41, 5.74) is 3.73.